The van der Waals surface area contributed by atoms with Crippen LogP contribution in [0.4, 0.5) is 5.69 Å². The number of nitrogens with zero attached hydrogens (tertiary/aromatic N) is 2. The number of aromatic nitrogens is 2. The highest BCUT2D eigenvalue weighted by atomic mass is 16.1. The number of carbonyl (C=O) groups excluding carboxylic acids is 1. The van der Waals surface area contributed by atoms with Crippen LogP contribution in [0.15, 0.2) is 0 Å². The lowest BCUT2D eigenvalue weighted by atomic mass is 10.0. The molecule has 0 saturated carbocycles. The van der Waals surface area contributed by atoms with E-state index in [2.05, 4.69) is 17.3 Å². The molecule has 1 aromatic heterocycles. The molecule has 1 heterocycles. The molecular weight excluding hydrogens is 228 g/mol. The third-order valence-electron chi connectivity index (χ3n) is 3.30. The van der Waals surface area contributed by atoms with E-state index in [4.69, 9.17) is 5.73 Å². The zero-order valence-corrected chi connectivity index (χ0v) is 11.8. The number of hydrogen-bond acceptors (Lipinski definition) is 3. The molecule has 0 bridgehead atoms. The highest BCUT2D eigenvalue weighted by Gasteiger charge is 2.13. The van der Waals surface area contributed by atoms with Gasteiger partial charge in [-0.2, -0.15) is 5.10 Å². The predicted octanol–water partition coefficient (Wildman–Crippen LogP) is 1.74. The summed E-state index contributed by atoms with van der Waals surface area (Å²) < 4.78 is 1.78. The van der Waals surface area contributed by atoms with Gasteiger partial charge in [0.1, 0.15) is 0 Å². The summed E-state index contributed by atoms with van der Waals surface area (Å²) in [6.07, 6.45) is 2.38. The summed E-state index contributed by atoms with van der Waals surface area (Å²) in [5.74, 6) is 0.551. The van der Waals surface area contributed by atoms with Crippen molar-refractivity contribution in [1.29, 1.82) is 0 Å². The Morgan fingerprint density at radius 1 is 1.44 bits per heavy atom. The number of aryl methyl sites for hydroxylation is 2. The summed E-state index contributed by atoms with van der Waals surface area (Å²) in [7, 11) is 1.88. The van der Waals surface area contributed by atoms with Crippen LogP contribution < -0.4 is 11.1 Å². The number of rotatable bonds is 6. The van der Waals surface area contributed by atoms with Gasteiger partial charge >= 0.3 is 0 Å². The molecule has 1 aromatic rings. The second-order valence-electron chi connectivity index (χ2n) is 4.94. The van der Waals surface area contributed by atoms with E-state index in [9.17, 15) is 4.79 Å². The van der Waals surface area contributed by atoms with Gasteiger partial charge in [-0.25, -0.2) is 0 Å². The molecule has 0 aliphatic heterocycles. The van der Waals surface area contributed by atoms with Crippen molar-refractivity contribution in [3.63, 3.8) is 0 Å². The van der Waals surface area contributed by atoms with E-state index in [0.717, 1.165) is 29.9 Å². The normalized spacial score (nSPS) is 12.5. The maximum atomic E-state index is 11.9. The van der Waals surface area contributed by atoms with Crippen molar-refractivity contribution in [2.75, 3.05) is 11.9 Å². The lowest BCUT2D eigenvalue weighted by Gasteiger charge is -2.10. The molecule has 0 aliphatic carbocycles. The van der Waals surface area contributed by atoms with Crippen LogP contribution in [0, 0.1) is 19.8 Å². The molecule has 1 rings (SSSR count). The zero-order valence-electron chi connectivity index (χ0n) is 11.8. The van der Waals surface area contributed by atoms with Crippen LogP contribution in [0.1, 0.15) is 37.6 Å². The van der Waals surface area contributed by atoms with Crippen molar-refractivity contribution in [3.8, 4) is 0 Å². The highest BCUT2D eigenvalue weighted by Crippen LogP contribution is 2.19. The molecule has 18 heavy (non-hydrogen) atoms. The minimum absolute atomic E-state index is 0.0538. The summed E-state index contributed by atoms with van der Waals surface area (Å²) in [6.45, 7) is 6.66. The number of hydrogen-bond donors (Lipinski definition) is 2. The summed E-state index contributed by atoms with van der Waals surface area (Å²) in [5.41, 5.74) is 8.17. The van der Waals surface area contributed by atoms with Gasteiger partial charge in [0, 0.05) is 13.5 Å². The smallest absolute Gasteiger partial charge is 0.224 e. The fraction of sp³-hybridized carbons (Fsp3) is 0.692. The van der Waals surface area contributed by atoms with E-state index in [1.165, 1.54) is 0 Å². The fourth-order valence-corrected chi connectivity index (χ4v) is 1.96. The Bertz CT molecular complexity index is 411. The minimum Gasteiger partial charge on any atom is -0.330 e. The van der Waals surface area contributed by atoms with Crippen molar-refractivity contribution < 1.29 is 4.79 Å². The number of nitrogens with one attached hydrogen (secondary N) is 1. The Kier molecular flexibility index (Phi) is 5.34. The van der Waals surface area contributed by atoms with Gasteiger partial charge in [-0.15, -0.1) is 0 Å². The molecule has 1 unspecified atom stereocenters. The second-order valence-corrected chi connectivity index (χ2v) is 4.94. The summed E-state index contributed by atoms with van der Waals surface area (Å²) in [5, 5.41) is 7.22. The van der Waals surface area contributed by atoms with Gasteiger partial charge < -0.3 is 11.1 Å². The molecule has 102 valence electrons. The van der Waals surface area contributed by atoms with Crippen molar-refractivity contribution in [2.24, 2.45) is 18.7 Å². The van der Waals surface area contributed by atoms with E-state index >= 15 is 0 Å². The topological polar surface area (TPSA) is 72.9 Å². The maximum absolute atomic E-state index is 11.9. The number of nitrogens with two attached hydrogens (primary N) is 1. The first-order chi connectivity index (χ1) is 8.45. The van der Waals surface area contributed by atoms with E-state index < -0.39 is 0 Å². The first-order valence-corrected chi connectivity index (χ1v) is 6.45. The summed E-state index contributed by atoms with van der Waals surface area (Å²) in [4.78, 5) is 11.9. The zero-order chi connectivity index (χ0) is 13.7. The maximum Gasteiger partial charge on any atom is 0.224 e. The van der Waals surface area contributed by atoms with Gasteiger partial charge in [0.2, 0.25) is 5.91 Å². The molecule has 5 heteroatoms. The Morgan fingerprint density at radius 3 is 2.61 bits per heavy atom. The van der Waals surface area contributed by atoms with Gasteiger partial charge in [0.15, 0.2) is 0 Å². The van der Waals surface area contributed by atoms with Gasteiger partial charge in [-0.05, 0) is 39.2 Å². The van der Waals surface area contributed by atoms with Gasteiger partial charge in [-0.3, -0.25) is 9.48 Å². The van der Waals surface area contributed by atoms with Gasteiger partial charge in [-0.1, -0.05) is 6.92 Å². The highest BCUT2D eigenvalue weighted by molar-refractivity contribution is 5.91. The number of carbonyl (C=O) groups is 1. The largest absolute Gasteiger partial charge is 0.330 e. The molecule has 0 aliphatic rings. The molecule has 0 radical (unpaired) electrons. The minimum atomic E-state index is 0.0538. The van der Waals surface area contributed by atoms with E-state index in [0.29, 0.717) is 18.9 Å². The van der Waals surface area contributed by atoms with Crippen LogP contribution in [-0.2, 0) is 11.8 Å². The molecule has 1 amide bonds. The van der Waals surface area contributed by atoms with Crippen molar-refractivity contribution in [2.45, 2.75) is 40.0 Å². The van der Waals surface area contributed by atoms with Crippen LogP contribution in [0.2, 0.25) is 0 Å². The second kappa shape index (κ2) is 6.54. The Hall–Kier alpha value is -1.36. The Morgan fingerprint density at radius 2 is 2.11 bits per heavy atom. The van der Waals surface area contributed by atoms with Crippen LogP contribution >= 0.6 is 0 Å². The van der Waals surface area contributed by atoms with E-state index in [1.54, 1.807) is 4.68 Å². The summed E-state index contributed by atoms with van der Waals surface area (Å²) >= 11 is 0. The van der Waals surface area contributed by atoms with E-state index in [1.807, 2.05) is 20.9 Å². The van der Waals surface area contributed by atoms with E-state index in [-0.39, 0.29) is 5.91 Å². The third kappa shape index (κ3) is 3.84. The lowest BCUT2D eigenvalue weighted by molar-refractivity contribution is -0.116. The first kappa shape index (κ1) is 14.7. The number of amides is 1. The van der Waals surface area contributed by atoms with Crippen LogP contribution in [0.3, 0.4) is 0 Å². The molecule has 0 saturated heterocycles. The average Bonchev–Trinajstić information content (AvgIpc) is 2.54. The molecule has 0 fully saturated rings. The predicted molar refractivity (Wildman–Crippen MR) is 73.4 cm³/mol. The van der Waals surface area contributed by atoms with Gasteiger partial charge in [0.05, 0.1) is 17.1 Å². The average molecular weight is 252 g/mol. The third-order valence-corrected chi connectivity index (χ3v) is 3.30. The van der Waals surface area contributed by atoms with Crippen LogP contribution in [0.5, 0.6) is 0 Å². The quantitative estimate of drug-likeness (QED) is 0.810. The molecule has 0 aromatic carbocycles. The van der Waals surface area contributed by atoms with Crippen molar-refractivity contribution in [3.05, 3.63) is 11.4 Å². The molecule has 0 spiro atoms. The standard InChI is InChI=1S/C13H24N4O/c1-9(7-8-14)5-6-12(18)15-13-10(2)16-17(4)11(13)3/h9H,5-8,14H2,1-4H3,(H,15,18). The Labute approximate surface area is 109 Å². The van der Waals surface area contributed by atoms with Crippen molar-refractivity contribution >= 4 is 11.6 Å². The molecule has 1 atom stereocenters. The molecule has 5 nitrogen and oxygen atoms in total. The van der Waals surface area contributed by atoms with Gasteiger partial charge in [0.25, 0.3) is 0 Å². The Balaban J connectivity index is 2.50. The molecular formula is C13H24N4O. The fourth-order valence-electron chi connectivity index (χ4n) is 1.96. The monoisotopic (exact) mass is 252 g/mol. The lowest BCUT2D eigenvalue weighted by Crippen LogP contribution is -2.15. The molecule has 3 N–H and O–H groups in total. The summed E-state index contributed by atoms with van der Waals surface area (Å²) in [6, 6.07) is 0. The van der Waals surface area contributed by atoms with Crippen LogP contribution in [0.25, 0.3) is 0 Å². The van der Waals surface area contributed by atoms with Crippen molar-refractivity contribution in [1.82, 2.24) is 9.78 Å². The first-order valence-electron chi connectivity index (χ1n) is 6.45. The number of anilines is 1. The van der Waals surface area contributed by atoms with Crippen LogP contribution in [-0.4, -0.2) is 22.2 Å². The SMILES string of the molecule is Cc1nn(C)c(C)c1NC(=O)CCC(C)CCN.